The molecule has 6 nitrogen and oxygen atoms in total. The van der Waals surface area contributed by atoms with Gasteiger partial charge in [0, 0.05) is 27.0 Å². The zero-order valence-electron chi connectivity index (χ0n) is 14.8. The molecular formula is C20H15BrN4O2S. The van der Waals surface area contributed by atoms with Crippen LogP contribution in [0.2, 0.25) is 0 Å². The van der Waals surface area contributed by atoms with Crippen LogP contribution < -0.4 is 10.1 Å². The lowest BCUT2D eigenvalue weighted by atomic mass is 10.2. The zero-order valence-corrected chi connectivity index (χ0v) is 17.2. The van der Waals surface area contributed by atoms with Crippen LogP contribution in [0.25, 0.3) is 27.6 Å². The lowest BCUT2D eigenvalue weighted by Crippen LogP contribution is -2.04. The van der Waals surface area contributed by atoms with E-state index in [1.807, 2.05) is 60.0 Å². The van der Waals surface area contributed by atoms with Crippen LogP contribution in [0.15, 0.2) is 64.5 Å². The van der Waals surface area contributed by atoms with Gasteiger partial charge in [0.2, 0.25) is 11.5 Å². The third kappa shape index (κ3) is 3.69. The molecule has 0 unspecified atom stereocenters. The van der Waals surface area contributed by atoms with Crippen LogP contribution in [0, 0.1) is 0 Å². The van der Waals surface area contributed by atoms with Crippen molar-refractivity contribution < 1.29 is 9.53 Å². The molecule has 0 spiro atoms. The molecule has 2 heterocycles. The Balaban J connectivity index is 1.70. The third-order valence-corrected chi connectivity index (χ3v) is 5.46. The summed E-state index contributed by atoms with van der Waals surface area (Å²) in [7, 11) is 1.64. The summed E-state index contributed by atoms with van der Waals surface area (Å²) in [6.07, 6.45) is 0.636. The first kappa shape index (κ1) is 18.4. The predicted octanol–water partition coefficient (Wildman–Crippen LogP) is 5.00. The fourth-order valence-electron chi connectivity index (χ4n) is 2.71. The van der Waals surface area contributed by atoms with Gasteiger partial charge >= 0.3 is 0 Å². The lowest BCUT2D eigenvalue weighted by molar-refractivity contribution is -0.105. The minimum atomic E-state index is 0.559. The highest BCUT2D eigenvalue weighted by Gasteiger charge is 2.14. The molecule has 8 heteroatoms. The second-order valence-electron chi connectivity index (χ2n) is 5.84. The Morgan fingerprint density at radius 2 is 1.75 bits per heavy atom. The minimum absolute atomic E-state index is 0.559. The van der Waals surface area contributed by atoms with Crippen molar-refractivity contribution in [1.82, 2.24) is 14.8 Å². The molecule has 0 fully saturated rings. The van der Waals surface area contributed by atoms with Crippen LogP contribution in [-0.2, 0) is 4.79 Å². The average molecular weight is 455 g/mol. The van der Waals surface area contributed by atoms with E-state index >= 15 is 0 Å². The molecule has 0 saturated carbocycles. The second kappa shape index (κ2) is 7.95. The highest BCUT2D eigenvalue weighted by atomic mass is 79.9. The number of hydrogen-bond donors (Lipinski definition) is 1. The van der Waals surface area contributed by atoms with E-state index in [1.54, 1.807) is 11.8 Å². The zero-order chi connectivity index (χ0) is 19.5. The van der Waals surface area contributed by atoms with E-state index in [-0.39, 0.29) is 0 Å². The van der Waals surface area contributed by atoms with Crippen molar-refractivity contribution in [2.24, 2.45) is 0 Å². The first-order chi connectivity index (χ1) is 13.7. The van der Waals surface area contributed by atoms with Gasteiger partial charge in [-0.05, 0) is 36.4 Å². The minimum Gasteiger partial charge on any atom is -0.497 e. The number of methoxy groups -OCH3 is 1. The number of carbonyl (C=O) groups excluding carboxylic acids is 1. The highest BCUT2D eigenvalue weighted by Crippen LogP contribution is 2.30. The molecule has 0 radical (unpaired) electrons. The van der Waals surface area contributed by atoms with Gasteiger partial charge in [-0.15, -0.1) is 11.3 Å². The molecule has 0 saturated heterocycles. The molecule has 2 aromatic heterocycles. The number of benzene rings is 2. The second-order valence-corrected chi connectivity index (χ2v) is 7.59. The first-order valence-corrected chi connectivity index (χ1v) is 10.0. The summed E-state index contributed by atoms with van der Waals surface area (Å²) in [5, 5.41) is 9.97. The average Bonchev–Trinajstić information content (AvgIpc) is 3.36. The monoisotopic (exact) mass is 454 g/mol. The van der Waals surface area contributed by atoms with Crippen molar-refractivity contribution in [2.45, 2.75) is 0 Å². The Morgan fingerprint density at radius 3 is 2.43 bits per heavy atom. The number of anilines is 1. The molecule has 4 rings (SSSR count). The Labute approximate surface area is 173 Å². The first-order valence-electron chi connectivity index (χ1n) is 8.34. The molecule has 28 heavy (non-hydrogen) atoms. The molecule has 0 atom stereocenters. The van der Waals surface area contributed by atoms with Crippen LogP contribution in [0.5, 0.6) is 5.75 Å². The van der Waals surface area contributed by atoms with Gasteiger partial charge in [-0.3, -0.25) is 4.79 Å². The van der Waals surface area contributed by atoms with Gasteiger partial charge in [0.05, 0.1) is 18.5 Å². The van der Waals surface area contributed by atoms with Gasteiger partial charge in [-0.1, -0.05) is 28.1 Å². The van der Waals surface area contributed by atoms with E-state index < -0.39 is 0 Å². The number of nitrogens with one attached hydrogen (secondary N) is 1. The maximum absolute atomic E-state index is 11.0. The number of hydrogen-bond acceptors (Lipinski definition) is 5. The van der Waals surface area contributed by atoms with Gasteiger partial charge in [0.25, 0.3) is 0 Å². The summed E-state index contributed by atoms with van der Waals surface area (Å²) in [4.78, 5) is 15.7. The normalized spacial score (nSPS) is 10.6. The molecule has 140 valence electrons. The van der Waals surface area contributed by atoms with Crippen molar-refractivity contribution in [3.05, 3.63) is 64.5 Å². The topological polar surface area (TPSA) is 69.0 Å². The van der Waals surface area contributed by atoms with Crippen molar-refractivity contribution >= 4 is 39.5 Å². The van der Waals surface area contributed by atoms with E-state index in [0.717, 1.165) is 32.7 Å². The summed E-state index contributed by atoms with van der Waals surface area (Å²) in [5.41, 5.74) is 3.51. The van der Waals surface area contributed by atoms with E-state index in [2.05, 4.69) is 31.3 Å². The Kier molecular flexibility index (Phi) is 5.23. The molecule has 0 aliphatic carbocycles. The van der Waals surface area contributed by atoms with Crippen molar-refractivity contribution in [1.29, 1.82) is 0 Å². The number of thiazole rings is 1. The highest BCUT2D eigenvalue weighted by molar-refractivity contribution is 9.10. The fourth-order valence-corrected chi connectivity index (χ4v) is 3.77. The Morgan fingerprint density at radius 1 is 1.07 bits per heavy atom. The number of nitrogens with zero attached hydrogens (tertiary/aromatic N) is 3. The number of carbonyl (C=O) groups is 1. The van der Waals surface area contributed by atoms with Gasteiger partial charge < -0.3 is 10.1 Å². The number of amides is 1. The smallest absolute Gasteiger partial charge is 0.212 e. The summed E-state index contributed by atoms with van der Waals surface area (Å²) in [5.74, 6) is 1.35. The summed E-state index contributed by atoms with van der Waals surface area (Å²) in [6.45, 7) is 0. The number of aromatic nitrogens is 3. The van der Waals surface area contributed by atoms with Crippen LogP contribution in [-0.4, -0.2) is 28.3 Å². The Bertz CT molecular complexity index is 1100. The third-order valence-electron chi connectivity index (χ3n) is 4.12. The number of ether oxygens (including phenoxy) is 1. The van der Waals surface area contributed by atoms with E-state index in [9.17, 15) is 4.79 Å². The SMILES string of the molecule is COc1ccc(-c2csc(-n3nc(-c4ccc(Br)cc4)cc3NC=O)n2)cc1. The van der Waals surface area contributed by atoms with Crippen LogP contribution in [0.1, 0.15) is 0 Å². The maximum atomic E-state index is 11.0. The van der Waals surface area contributed by atoms with Crippen molar-refractivity contribution in [2.75, 3.05) is 12.4 Å². The molecule has 0 aliphatic heterocycles. The quantitative estimate of drug-likeness (QED) is 0.416. The van der Waals surface area contributed by atoms with Gasteiger partial charge in [-0.2, -0.15) is 9.78 Å². The molecule has 1 amide bonds. The molecule has 4 aromatic rings. The van der Waals surface area contributed by atoms with Crippen LogP contribution >= 0.6 is 27.3 Å². The summed E-state index contributed by atoms with van der Waals surface area (Å²) < 4.78 is 7.83. The van der Waals surface area contributed by atoms with Crippen LogP contribution in [0.4, 0.5) is 5.82 Å². The lowest BCUT2D eigenvalue weighted by Gasteiger charge is -2.02. The predicted molar refractivity (Wildman–Crippen MR) is 114 cm³/mol. The van der Waals surface area contributed by atoms with Gasteiger partial charge in [0.15, 0.2) is 0 Å². The van der Waals surface area contributed by atoms with Gasteiger partial charge in [-0.25, -0.2) is 4.98 Å². The van der Waals surface area contributed by atoms with Crippen molar-refractivity contribution in [3.63, 3.8) is 0 Å². The van der Waals surface area contributed by atoms with Crippen molar-refractivity contribution in [3.8, 4) is 33.4 Å². The van der Waals surface area contributed by atoms with E-state index in [4.69, 9.17) is 4.74 Å². The molecular weight excluding hydrogens is 440 g/mol. The van der Waals surface area contributed by atoms with Crippen LogP contribution in [0.3, 0.4) is 0 Å². The van der Waals surface area contributed by atoms with Gasteiger partial charge in [0.1, 0.15) is 11.6 Å². The summed E-state index contributed by atoms with van der Waals surface area (Å²) in [6, 6.07) is 17.4. The fraction of sp³-hybridized carbons (Fsp3) is 0.0500. The molecule has 1 N–H and O–H groups in total. The van der Waals surface area contributed by atoms with E-state index in [1.165, 1.54) is 11.3 Å². The standard InChI is InChI=1S/C20H15BrN4O2S/c1-27-16-8-4-14(5-9-16)18-11-28-20(23-18)25-19(22-12-26)10-17(24-25)13-2-6-15(21)7-3-13/h2-12H,1H3,(H,22,26). The van der Waals surface area contributed by atoms with E-state index in [0.29, 0.717) is 17.4 Å². The maximum Gasteiger partial charge on any atom is 0.212 e. The number of halogens is 1. The molecule has 0 bridgehead atoms. The molecule has 2 aromatic carbocycles. The largest absolute Gasteiger partial charge is 0.497 e. The summed E-state index contributed by atoms with van der Waals surface area (Å²) >= 11 is 4.89. The Hall–Kier alpha value is -2.97. The molecule has 0 aliphatic rings. The number of rotatable bonds is 6.